The van der Waals surface area contributed by atoms with Gasteiger partial charge in [0.1, 0.15) is 0 Å². The van der Waals surface area contributed by atoms with Gasteiger partial charge in [-0.1, -0.05) is 20.8 Å². The van der Waals surface area contributed by atoms with E-state index >= 15 is 0 Å². The third kappa shape index (κ3) is 3.02. The van der Waals surface area contributed by atoms with Crippen LogP contribution in [0.5, 0.6) is 0 Å². The van der Waals surface area contributed by atoms with E-state index in [2.05, 4.69) is 42.9 Å². The lowest BCUT2D eigenvalue weighted by atomic mass is 9.68. The number of likely N-dealkylation sites (N-methyl/N-ethyl adjacent to an activating group) is 1. The van der Waals surface area contributed by atoms with Gasteiger partial charge in [0.05, 0.1) is 0 Å². The molecular formula is C18H35N3. The number of rotatable bonds is 5. The predicted octanol–water partition coefficient (Wildman–Crippen LogP) is 2.43. The molecule has 1 N–H and O–H groups in total. The molecule has 2 saturated carbocycles. The molecule has 1 saturated heterocycles. The number of nitrogens with one attached hydrogen (secondary N) is 1. The SMILES string of the molecule is CN1CCN(CCCNC2C3(C)CCC(C3)C2(C)C)CC1. The first-order valence-corrected chi connectivity index (χ1v) is 9.06. The van der Waals surface area contributed by atoms with Crippen molar-refractivity contribution in [3.05, 3.63) is 0 Å². The number of hydrogen-bond acceptors (Lipinski definition) is 3. The Morgan fingerprint density at radius 3 is 2.43 bits per heavy atom. The van der Waals surface area contributed by atoms with E-state index in [-0.39, 0.29) is 0 Å². The van der Waals surface area contributed by atoms with Gasteiger partial charge in [0.15, 0.2) is 0 Å². The van der Waals surface area contributed by atoms with E-state index in [4.69, 9.17) is 0 Å². The van der Waals surface area contributed by atoms with Crippen LogP contribution in [0.4, 0.5) is 0 Å². The average molecular weight is 293 g/mol. The first-order valence-electron chi connectivity index (χ1n) is 9.06. The van der Waals surface area contributed by atoms with Crippen LogP contribution >= 0.6 is 0 Å². The second-order valence-electron chi connectivity index (χ2n) is 8.80. The van der Waals surface area contributed by atoms with Crippen LogP contribution in [-0.4, -0.2) is 62.2 Å². The molecule has 3 aliphatic rings. The smallest absolute Gasteiger partial charge is 0.0175 e. The Balaban J connectivity index is 1.41. The molecule has 3 unspecified atom stereocenters. The highest BCUT2D eigenvalue weighted by Crippen LogP contribution is 2.62. The minimum Gasteiger partial charge on any atom is -0.313 e. The second kappa shape index (κ2) is 5.82. The summed E-state index contributed by atoms with van der Waals surface area (Å²) in [4.78, 5) is 5.07. The van der Waals surface area contributed by atoms with Crippen LogP contribution < -0.4 is 5.32 Å². The number of piperazine rings is 1. The fourth-order valence-corrected chi connectivity index (χ4v) is 5.43. The maximum Gasteiger partial charge on any atom is 0.0175 e. The zero-order chi connectivity index (χ0) is 15.1. The van der Waals surface area contributed by atoms with Crippen LogP contribution in [-0.2, 0) is 0 Å². The van der Waals surface area contributed by atoms with Gasteiger partial charge in [-0.3, -0.25) is 0 Å². The molecule has 0 aromatic rings. The first-order chi connectivity index (χ1) is 9.92. The summed E-state index contributed by atoms with van der Waals surface area (Å²) in [5.74, 6) is 0.956. The normalized spacial score (nSPS) is 40.0. The third-order valence-corrected chi connectivity index (χ3v) is 6.87. The van der Waals surface area contributed by atoms with E-state index in [9.17, 15) is 0 Å². The minimum atomic E-state index is 0.501. The highest BCUT2D eigenvalue weighted by molar-refractivity contribution is 5.11. The molecule has 1 aliphatic heterocycles. The molecule has 3 heteroatoms. The van der Waals surface area contributed by atoms with Crippen LogP contribution in [0, 0.1) is 16.7 Å². The lowest BCUT2D eigenvalue weighted by Crippen LogP contribution is -2.51. The number of fused-ring (bicyclic) bond motifs is 2. The van der Waals surface area contributed by atoms with E-state index in [0.717, 1.165) is 12.0 Å². The Morgan fingerprint density at radius 1 is 1.10 bits per heavy atom. The van der Waals surface area contributed by atoms with Gasteiger partial charge < -0.3 is 15.1 Å². The van der Waals surface area contributed by atoms with Gasteiger partial charge in [0.25, 0.3) is 0 Å². The second-order valence-corrected chi connectivity index (χ2v) is 8.80. The molecule has 2 bridgehead atoms. The molecule has 3 fully saturated rings. The largest absolute Gasteiger partial charge is 0.313 e. The molecular weight excluding hydrogens is 258 g/mol. The fraction of sp³-hybridized carbons (Fsp3) is 1.00. The van der Waals surface area contributed by atoms with Crippen molar-refractivity contribution in [3.8, 4) is 0 Å². The Labute approximate surface area is 131 Å². The molecule has 3 nitrogen and oxygen atoms in total. The summed E-state index contributed by atoms with van der Waals surface area (Å²) in [6.07, 6.45) is 5.66. The predicted molar refractivity (Wildman–Crippen MR) is 89.6 cm³/mol. The maximum atomic E-state index is 3.96. The van der Waals surface area contributed by atoms with Gasteiger partial charge in [-0.15, -0.1) is 0 Å². The monoisotopic (exact) mass is 293 g/mol. The molecule has 21 heavy (non-hydrogen) atoms. The van der Waals surface area contributed by atoms with Crippen LogP contribution in [0.15, 0.2) is 0 Å². The average Bonchev–Trinajstić information content (AvgIpc) is 2.91. The van der Waals surface area contributed by atoms with Crippen molar-refractivity contribution in [2.75, 3.05) is 46.3 Å². The van der Waals surface area contributed by atoms with Crippen molar-refractivity contribution in [2.45, 2.75) is 52.5 Å². The summed E-state index contributed by atoms with van der Waals surface area (Å²) in [5.41, 5.74) is 1.07. The van der Waals surface area contributed by atoms with Crippen molar-refractivity contribution in [1.29, 1.82) is 0 Å². The fourth-order valence-electron chi connectivity index (χ4n) is 5.43. The van der Waals surface area contributed by atoms with Crippen molar-refractivity contribution in [3.63, 3.8) is 0 Å². The first kappa shape index (κ1) is 15.8. The summed E-state index contributed by atoms with van der Waals surface area (Å²) in [6, 6.07) is 0.733. The quantitative estimate of drug-likeness (QED) is 0.786. The Morgan fingerprint density at radius 2 is 1.81 bits per heavy atom. The third-order valence-electron chi connectivity index (χ3n) is 6.87. The molecule has 0 spiro atoms. The van der Waals surface area contributed by atoms with Gasteiger partial charge in [-0.25, -0.2) is 0 Å². The zero-order valence-corrected chi connectivity index (χ0v) is 14.6. The number of nitrogens with zero attached hydrogens (tertiary/aromatic N) is 2. The number of hydrogen-bond donors (Lipinski definition) is 1. The van der Waals surface area contributed by atoms with Crippen molar-refractivity contribution < 1.29 is 0 Å². The van der Waals surface area contributed by atoms with Crippen LogP contribution in [0.1, 0.15) is 46.5 Å². The standard InChI is InChI=1S/C18H35N3/c1-17(2)15-6-7-18(3,14-15)16(17)19-8-5-9-21-12-10-20(4)11-13-21/h15-16,19H,5-14H2,1-4H3. The molecule has 122 valence electrons. The Hall–Kier alpha value is -0.120. The topological polar surface area (TPSA) is 18.5 Å². The Kier molecular flexibility index (Phi) is 4.37. The van der Waals surface area contributed by atoms with E-state index in [1.54, 1.807) is 0 Å². The summed E-state index contributed by atoms with van der Waals surface area (Å²) in [6.45, 7) is 15.0. The van der Waals surface area contributed by atoms with E-state index in [1.807, 2.05) is 0 Å². The van der Waals surface area contributed by atoms with E-state index in [0.29, 0.717) is 10.8 Å². The molecule has 3 rings (SSSR count). The van der Waals surface area contributed by atoms with Crippen molar-refractivity contribution >= 4 is 0 Å². The van der Waals surface area contributed by atoms with Crippen molar-refractivity contribution in [2.24, 2.45) is 16.7 Å². The molecule has 0 aromatic heterocycles. The van der Waals surface area contributed by atoms with Gasteiger partial charge in [-0.2, -0.15) is 0 Å². The van der Waals surface area contributed by atoms with Crippen LogP contribution in [0.25, 0.3) is 0 Å². The summed E-state index contributed by atoms with van der Waals surface area (Å²) in [7, 11) is 2.23. The summed E-state index contributed by atoms with van der Waals surface area (Å²) >= 11 is 0. The zero-order valence-electron chi connectivity index (χ0n) is 14.6. The summed E-state index contributed by atoms with van der Waals surface area (Å²) in [5, 5.41) is 3.96. The van der Waals surface area contributed by atoms with Crippen LogP contribution in [0.3, 0.4) is 0 Å². The molecule has 0 amide bonds. The lowest BCUT2D eigenvalue weighted by molar-refractivity contribution is 0.106. The maximum absolute atomic E-state index is 3.96. The lowest BCUT2D eigenvalue weighted by Gasteiger charge is -2.43. The molecule has 2 aliphatic carbocycles. The van der Waals surface area contributed by atoms with Crippen molar-refractivity contribution in [1.82, 2.24) is 15.1 Å². The molecule has 0 radical (unpaired) electrons. The summed E-state index contributed by atoms with van der Waals surface area (Å²) < 4.78 is 0. The van der Waals surface area contributed by atoms with Gasteiger partial charge >= 0.3 is 0 Å². The van der Waals surface area contributed by atoms with E-state index < -0.39 is 0 Å². The molecule has 3 atom stereocenters. The van der Waals surface area contributed by atoms with Gasteiger partial charge in [-0.05, 0) is 62.6 Å². The van der Waals surface area contributed by atoms with Gasteiger partial charge in [0, 0.05) is 32.2 Å². The minimum absolute atomic E-state index is 0.501. The van der Waals surface area contributed by atoms with E-state index in [1.165, 1.54) is 65.0 Å². The Bertz CT molecular complexity index is 355. The molecule has 1 heterocycles. The highest BCUT2D eigenvalue weighted by atomic mass is 15.2. The molecule has 0 aromatic carbocycles. The van der Waals surface area contributed by atoms with Gasteiger partial charge in [0.2, 0.25) is 0 Å². The highest BCUT2D eigenvalue weighted by Gasteiger charge is 2.58. The van der Waals surface area contributed by atoms with Crippen LogP contribution in [0.2, 0.25) is 0 Å².